The van der Waals surface area contributed by atoms with Crippen molar-refractivity contribution in [2.45, 2.75) is 44.7 Å². The van der Waals surface area contributed by atoms with Gasteiger partial charge in [-0.15, -0.1) is 0 Å². The molecule has 0 fully saturated rings. The molecule has 1 heterocycles. The predicted molar refractivity (Wildman–Crippen MR) is 82.6 cm³/mol. The van der Waals surface area contributed by atoms with Crippen LogP contribution in [0.3, 0.4) is 0 Å². The van der Waals surface area contributed by atoms with E-state index in [-0.39, 0.29) is 0 Å². The van der Waals surface area contributed by atoms with Gasteiger partial charge in [-0.25, -0.2) is 0 Å². The summed E-state index contributed by atoms with van der Waals surface area (Å²) in [6.07, 6.45) is 6.25. The van der Waals surface area contributed by atoms with Gasteiger partial charge in [0.25, 0.3) is 0 Å². The second-order valence-electron chi connectivity index (χ2n) is 5.83. The van der Waals surface area contributed by atoms with Gasteiger partial charge in [0.15, 0.2) is 0 Å². The smallest absolute Gasteiger partial charge is 0.0328 e. The molecule has 0 saturated carbocycles. The van der Waals surface area contributed by atoms with Crippen LogP contribution in [0.2, 0.25) is 0 Å². The first-order valence-corrected chi connectivity index (χ1v) is 7.50. The fourth-order valence-electron chi connectivity index (χ4n) is 3.21. The summed E-state index contributed by atoms with van der Waals surface area (Å²) >= 11 is 0. The van der Waals surface area contributed by atoms with Crippen molar-refractivity contribution in [3.05, 3.63) is 65.5 Å². The van der Waals surface area contributed by atoms with Gasteiger partial charge >= 0.3 is 0 Å². The lowest BCUT2D eigenvalue weighted by Gasteiger charge is -2.32. The van der Waals surface area contributed by atoms with E-state index in [1.165, 1.54) is 29.5 Å². The molecule has 0 aliphatic heterocycles. The van der Waals surface area contributed by atoms with Crippen molar-refractivity contribution in [2.24, 2.45) is 0 Å². The molecule has 104 valence electrons. The molecular formula is C18H22N2. The maximum absolute atomic E-state index is 4.22. The minimum absolute atomic E-state index is 0.329. The first kappa shape index (κ1) is 13.3. The molecule has 3 rings (SSSR count). The van der Waals surface area contributed by atoms with Crippen LogP contribution in [0.4, 0.5) is 0 Å². The van der Waals surface area contributed by atoms with Gasteiger partial charge in [-0.3, -0.25) is 4.98 Å². The molecule has 0 bridgehead atoms. The highest BCUT2D eigenvalue weighted by Gasteiger charge is 2.25. The molecule has 0 amide bonds. The molecule has 1 aromatic heterocycles. The minimum atomic E-state index is 0.329. The molecule has 1 aliphatic carbocycles. The molecule has 2 nitrogen and oxygen atoms in total. The van der Waals surface area contributed by atoms with Crippen molar-refractivity contribution in [2.75, 3.05) is 0 Å². The Morgan fingerprint density at radius 1 is 1.10 bits per heavy atom. The molecule has 20 heavy (non-hydrogen) atoms. The maximum atomic E-state index is 4.22. The van der Waals surface area contributed by atoms with Gasteiger partial charge in [-0.2, -0.15) is 0 Å². The van der Waals surface area contributed by atoms with Crippen molar-refractivity contribution < 1.29 is 0 Å². The summed E-state index contributed by atoms with van der Waals surface area (Å²) in [5.74, 6) is 0.679. The highest BCUT2D eigenvalue weighted by Crippen LogP contribution is 2.38. The van der Waals surface area contributed by atoms with Gasteiger partial charge in [-0.1, -0.05) is 37.3 Å². The van der Waals surface area contributed by atoms with E-state index in [2.05, 4.69) is 54.5 Å². The molecule has 2 heteroatoms. The van der Waals surface area contributed by atoms with Crippen LogP contribution in [0, 0.1) is 0 Å². The number of pyridine rings is 1. The first-order chi connectivity index (χ1) is 9.75. The lowest BCUT2D eigenvalue weighted by Crippen LogP contribution is -2.28. The zero-order valence-electron chi connectivity index (χ0n) is 12.2. The van der Waals surface area contributed by atoms with E-state index in [0.717, 1.165) is 0 Å². The third kappa shape index (κ3) is 2.61. The van der Waals surface area contributed by atoms with Crippen LogP contribution in [-0.4, -0.2) is 4.98 Å². The van der Waals surface area contributed by atoms with Gasteiger partial charge in [0.2, 0.25) is 0 Å². The second kappa shape index (κ2) is 5.76. The summed E-state index contributed by atoms with van der Waals surface area (Å²) in [6.45, 7) is 4.55. The number of benzene rings is 1. The maximum Gasteiger partial charge on any atom is 0.0328 e. The first-order valence-electron chi connectivity index (χ1n) is 7.50. The molecule has 0 radical (unpaired) electrons. The van der Waals surface area contributed by atoms with Gasteiger partial charge in [0.05, 0.1) is 0 Å². The van der Waals surface area contributed by atoms with E-state index < -0.39 is 0 Å². The highest BCUT2D eigenvalue weighted by atomic mass is 14.9. The summed E-state index contributed by atoms with van der Waals surface area (Å²) < 4.78 is 0. The number of nitrogens with one attached hydrogen (secondary N) is 1. The number of nitrogens with zero attached hydrogens (tertiary/aromatic N) is 1. The van der Waals surface area contributed by atoms with E-state index in [9.17, 15) is 0 Å². The number of aromatic nitrogens is 1. The van der Waals surface area contributed by atoms with Crippen LogP contribution in [0.15, 0.2) is 48.8 Å². The highest BCUT2D eigenvalue weighted by molar-refractivity contribution is 5.35. The zero-order valence-corrected chi connectivity index (χ0v) is 12.2. The summed E-state index contributed by atoms with van der Waals surface area (Å²) in [7, 11) is 0. The lowest BCUT2D eigenvalue weighted by molar-refractivity contribution is 0.396. The Morgan fingerprint density at radius 3 is 2.65 bits per heavy atom. The molecule has 1 aliphatic rings. The summed E-state index contributed by atoms with van der Waals surface area (Å²) in [4.78, 5) is 4.22. The number of hydrogen-bond donors (Lipinski definition) is 1. The fourth-order valence-corrected chi connectivity index (χ4v) is 3.21. The number of hydrogen-bond acceptors (Lipinski definition) is 2. The van der Waals surface area contributed by atoms with Crippen molar-refractivity contribution in [1.82, 2.24) is 10.3 Å². The largest absolute Gasteiger partial charge is 0.303 e. The third-order valence-electron chi connectivity index (χ3n) is 4.43. The molecule has 1 aromatic carbocycles. The number of fused-ring (bicyclic) bond motifs is 1. The Morgan fingerprint density at radius 2 is 1.90 bits per heavy atom. The molecule has 3 atom stereocenters. The van der Waals surface area contributed by atoms with Crippen LogP contribution in [-0.2, 0) is 0 Å². The predicted octanol–water partition coefficient (Wildman–Crippen LogP) is 4.37. The van der Waals surface area contributed by atoms with E-state index in [0.29, 0.717) is 18.0 Å². The second-order valence-corrected chi connectivity index (χ2v) is 5.83. The van der Waals surface area contributed by atoms with Crippen molar-refractivity contribution in [1.29, 1.82) is 0 Å². The fraction of sp³-hybridized carbons (Fsp3) is 0.389. The minimum Gasteiger partial charge on any atom is -0.303 e. The quantitative estimate of drug-likeness (QED) is 0.892. The van der Waals surface area contributed by atoms with Crippen LogP contribution < -0.4 is 5.32 Å². The van der Waals surface area contributed by atoms with Gasteiger partial charge < -0.3 is 5.32 Å². The van der Waals surface area contributed by atoms with Gasteiger partial charge in [0.1, 0.15) is 0 Å². The van der Waals surface area contributed by atoms with Crippen molar-refractivity contribution in [3.63, 3.8) is 0 Å². The molecule has 0 spiro atoms. The molecule has 0 saturated heterocycles. The topological polar surface area (TPSA) is 24.9 Å². The lowest BCUT2D eigenvalue weighted by atomic mass is 9.81. The SMILES string of the molecule is CC1CCC(NC(C)c2cccnc2)c2ccccc21. The van der Waals surface area contributed by atoms with E-state index in [1.54, 1.807) is 0 Å². The third-order valence-corrected chi connectivity index (χ3v) is 4.43. The normalized spacial score (nSPS) is 23.1. The Balaban J connectivity index is 1.81. The Hall–Kier alpha value is -1.67. The number of rotatable bonds is 3. The van der Waals surface area contributed by atoms with Crippen molar-refractivity contribution >= 4 is 0 Å². The Labute approximate surface area is 121 Å². The van der Waals surface area contributed by atoms with Crippen LogP contribution in [0.1, 0.15) is 61.4 Å². The van der Waals surface area contributed by atoms with Crippen LogP contribution in [0.5, 0.6) is 0 Å². The Kier molecular flexibility index (Phi) is 3.83. The molecule has 2 aromatic rings. The van der Waals surface area contributed by atoms with Gasteiger partial charge in [-0.05, 0) is 48.4 Å². The molecule has 3 unspecified atom stereocenters. The van der Waals surface area contributed by atoms with E-state index >= 15 is 0 Å². The van der Waals surface area contributed by atoms with Crippen LogP contribution in [0.25, 0.3) is 0 Å². The van der Waals surface area contributed by atoms with Crippen LogP contribution >= 0.6 is 0 Å². The monoisotopic (exact) mass is 266 g/mol. The summed E-state index contributed by atoms with van der Waals surface area (Å²) in [5, 5.41) is 3.77. The summed E-state index contributed by atoms with van der Waals surface area (Å²) in [6, 6.07) is 13.8. The molecular weight excluding hydrogens is 244 g/mol. The van der Waals surface area contributed by atoms with E-state index in [1.807, 2.05) is 18.5 Å². The average Bonchev–Trinajstić information content (AvgIpc) is 2.51. The standard InChI is InChI=1S/C18H22N2/c1-13-9-10-18(17-8-4-3-7-16(13)17)20-14(2)15-6-5-11-19-12-15/h3-8,11-14,18,20H,9-10H2,1-2H3. The Bertz CT molecular complexity index is 565. The van der Waals surface area contributed by atoms with E-state index in [4.69, 9.17) is 0 Å². The van der Waals surface area contributed by atoms with Gasteiger partial charge in [0, 0.05) is 24.5 Å². The summed E-state index contributed by atoms with van der Waals surface area (Å²) in [5.41, 5.74) is 4.24. The average molecular weight is 266 g/mol. The van der Waals surface area contributed by atoms with Crippen molar-refractivity contribution in [3.8, 4) is 0 Å². The zero-order chi connectivity index (χ0) is 13.9. The molecule has 1 N–H and O–H groups in total.